The van der Waals surface area contributed by atoms with Gasteiger partial charge in [0.15, 0.2) is 6.61 Å². The summed E-state index contributed by atoms with van der Waals surface area (Å²) in [6, 6.07) is 6.68. The van der Waals surface area contributed by atoms with Gasteiger partial charge in [0.05, 0.1) is 12.3 Å². The second kappa shape index (κ2) is 7.78. The van der Waals surface area contributed by atoms with Crippen LogP contribution in [-0.2, 0) is 9.53 Å². The highest BCUT2D eigenvalue weighted by Crippen LogP contribution is 2.12. The molecule has 0 aliphatic heterocycles. The lowest BCUT2D eigenvalue weighted by molar-refractivity contribution is -0.139. The van der Waals surface area contributed by atoms with Gasteiger partial charge in [0.1, 0.15) is 5.75 Å². The molecule has 108 valence electrons. The molecule has 0 fully saturated rings. The highest BCUT2D eigenvalue weighted by molar-refractivity contribution is 5.99. The van der Waals surface area contributed by atoms with Crippen LogP contribution in [0.25, 0.3) is 0 Å². The first-order chi connectivity index (χ1) is 9.52. The Hall–Kier alpha value is -2.57. The molecule has 1 rings (SSSR count). The number of nitrogens with one attached hydrogen (secondary N) is 1. The molecule has 0 unspecified atom stereocenters. The van der Waals surface area contributed by atoms with Crippen molar-refractivity contribution in [2.24, 2.45) is 5.10 Å². The SMILES string of the molecule is CCOC(=O)N/N=C(/C)c1ccc(OCC(=O)O)cc1. The number of hydrogen-bond donors (Lipinski definition) is 2. The summed E-state index contributed by atoms with van der Waals surface area (Å²) in [7, 11) is 0. The van der Waals surface area contributed by atoms with Gasteiger partial charge in [-0.2, -0.15) is 5.10 Å². The predicted octanol–water partition coefficient (Wildman–Crippen LogP) is 1.62. The number of hydrazone groups is 1. The average molecular weight is 280 g/mol. The lowest BCUT2D eigenvalue weighted by Gasteiger charge is -2.05. The molecule has 7 nitrogen and oxygen atoms in total. The number of aliphatic carboxylic acids is 1. The zero-order valence-corrected chi connectivity index (χ0v) is 11.3. The molecular weight excluding hydrogens is 264 g/mol. The zero-order chi connectivity index (χ0) is 15.0. The van der Waals surface area contributed by atoms with Gasteiger partial charge in [0.2, 0.25) is 0 Å². The average Bonchev–Trinajstić information content (AvgIpc) is 2.43. The Morgan fingerprint density at radius 2 is 1.95 bits per heavy atom. The summed E-state index contributed by atoms with van der Waals surface area (Å²) in [5.41, 5.74) is 3.61. The molecule has 2 N–H and O–H groups in total. The quantitative estimate of drug-likeness (QED) is 0.609. The summed E-state index contributed by atoms with van der Waals surface area (Å²) >= 11 is 0. The molecule has 7 heteroatoms. The molecule has 0 saturated heterocycles. The monoisotopic (exact) mass is 280 g/mol. The van der Waals surface area contributed by atoms with Gasteiger partial charge in [-0.3, -0.25) is 0 Å². The van der Waals surface area contributed by atoms with Crippen LogP contribution in [0, 0.1) is 0 Å². The maximum absolute atomic E-state index is 11.1. The van der Waals surface area contributed by atoms with E-state index in [-0.39, 0.29) is 6.61 Å². The van der Waals surface area contributed by atoms with Crippen LogP contribution in [0.4, 0.5) is 4.79 Å². The van der Waals surface area contributed by atoms with Crippen LogP contribution in [0.2, 0.25) is 0 Å². The molecule has 0 aliphatic carbocycles. The summed E-state index contributed by atoms with van der Waals surface area (Å²) in [6.07, 6.45) is -0.617. The van der Waals surface area contributed by atoms with E-state index < -0.39 is 18.7 Å². The Bertz CT molecular complexity index is 496. The summed E-state index contributed by atoms with van der Waals surface area (Å²) in [4.78, 5) is 21.4. The summed E-state index contributed by atoms with van der Waals surface area (Å²) in [6.45, 7) is 3.30. The fraction of sp³-hybridized carbons (Fsp3) is 0.308. The number of carboxylic acid groups (broad SMARTS) is 1. The molecule has 0 saturated carbocycles. The number of hydrogen-bond acceptors (Lipinski definition) is 5. The first-order valence-electron chi connectivity index (χ1n) is 5.95. The van der Waals surface area contributed by atoms with E-state index >= 15 is 0 Å². The third kappa shape index (κ3) is 5.38. The van der Waals surface area contributed by atoms with Gasteiger partial charge < -0.3 is 14.6 Å². The topological polar surface area (TPSA) is 97.2 Å². The maximum atomic E-state index is 11.1. The molecule has 0 spiro atoms. The Kier molecular flexibility index (Phi) is 6.02. The zero-order valence-electron chi connectivity index (χ0n) is 11.3. The van der Waals surface area contributed by atoms with Crippen molar-refractivity contribution in [1.82, 2.24) is 5.43 Å². The largest absolute Gasteiger partial charge is 0.482 e. The van der Waals surface area contributed by atoms with E-state index in [1.165, 1.54) is 0 Å². The van der Waals surface area contributed by atoms with Crippen LogP contribution in [-0.4, -0.2) is 36.1 Å². The smallest absolute Gasteiger partial charge is 0.427 e. The van der Waals surface area contributed by atoms with Crippen molar-refractivity contribution < 1.29 is 24.2 Å². The maximum Gasteiger partial charge on any atom is 0.427 e. The number of ether oxygens (including phenoxy) is 2. The lowest BCUT2D eigenvalue weighted by Crippen LogP contribution is -2.20. The van der Waals surface area contributed by atoms with Crippen molar-refractivity contribution in [2.75, 3.05) is 13.2 Å². The summed E-state index contributed by atoms with van der Waals surface area (Å²) < 4.78 is 9.67. The third-order valence-corrected chi connectivity index (χ3v) is 2.22. The van der Waals surface area contributed by atoms with Crippen LogP contribution in [0.5, 0.6) is 5.75 Å². The van der Waals surface area contributed by atoms with Crippen LogP contribution in [0.15, 0.2) is 29.4 Å². The van der Waals surface area contributed by atoms with Gasteiger partial charge in [0.25, 0.3) is 0 Å². The van der Waals surface area contributed by atoms with E-state index in [0.717, 1.165) is 5.56 Å². The number of carbonyl (C=O) groups excluding carboxylic acids is 1. The number of amides is 1. The first-order valence-corrected chi connectivity index (χ1v) is 5.95. The fourth-order valence-electron chi connectivity index (χ4n) is 1.29. The minimum atomic E-state index is -1.04. The number of nitrogens with zero attached hydrogens (tertiary/aromatic N) is 1. The van der Waals surface area contributed by atoms with E-state index in [1.807, 2.05) is 0 Å². The Morgan fingerprint density at radius 1 is 1.30 bits per heavy atom. The van der Waals surface area contributed by atoms with Crippen molar-refractivity contribution in [1.29, 1.82) is 0 Å². The second-order valence-electron chi connectivity index (χ2n) is 3.74. The van der Waals surface area contributed by atoms with Crippen LogP contribution in [0.1, 0.15) is 19.4 Å². The van der Waals surface area contributed by atoms with Gasteiger partial charge in [-0.1, -0.05) is 0 Å². The van der Waals surface area contributed by atoms with Gasteiger partial charge in [-0.25, -0.2) is 15.0 Å². The molecule has 0 aromatic heterocycles. The summed E-state index contributed by atoms with van der Waals surface area (Å²) in [5.74, 6) is -0.590. The lowest BCUT2D eigenvalue weighted by atomic mass is 10.1. The number of carboxylic acids is 1. The molecular formula is C13H16N2O5. The standard InChI is InChI=1S/C13H16N2O5/c1-3-19-13(18)15-14-9(2)10-4-6-11(7-5-10)20-8-12(16)17/h4-7H,3,8H2,1-2H3,(H,15,18)(H,16,17)/b14-9-. The van der Waals surface area contributed by atoms with Gasteiger partial charge in [0, 0.05) is 0 Å². The molecule has 1 amide bonds. The van der Waals surface area contributed by atoms with Crippen molar-refractivity contribution >= 4 is 17.8 Å². The normalized spacial score (nSPS) is 10.8. The molecule has 20 heavy (non-hydrogen) atoms. The summed E-state index contributed by atoms with van der Waals surface area (Å²) in [5, 5.41) is 12.4. The van der Waals surface area contributed by atoms with Crippen molar-refractivity contribution in [3.63, 3.8) is 0 Å². The molecule has 0 radical (unpaired) electrons. The van der Waals surface area contributed by atoms with Crippen molar-refractivity contribution in [3.05, 3.63) is 29.8 Å². The molecule has 1 aromatic carbocycles. The highest BCUT2D eigenvalue weighted by Gasteiger charge is 2.03. The molecule has 1 aromatic rings. The Labute approximate surface area is 116 Å². The van der Waals surface area contributed by atoms with Gasteiger partial charge >= 0.3 is 12.1 Å². The highest BCUT2D eigenvalue weighted by atomic mass is 16.5. The number of benzene rings is 1. The molecule has 0 atom stereocenters. The van der Waals surface area contributed by atoms with E-state index in [2.05, 4.69) is 15.3 Å². The van der Waals surface area contributed by atoms with Crippen molar-refractivity contribution in [2.45, 2.75) is 13.8 Å². The van der Waals surface area contributed by atoms with E-state index in [4.69, 9.17) is 9.84 Å². The van der Waals surface area contributed by atoms with Gasteiger partial charge in [-0.05, 0) is 43.7 Å². The molecule has 0 bridgehead atoms. The number of carbonyl (C=O) groups is 2. The molecule has 0 heterocycles. The van der Waals surface area contributed by atoms with Crippen LogP contribution >= 0.6 is 0 Å². The Morgan fingerprint density at radius 3 is 2.50 bits per heavy atom. The Balaban J connectivity index is 2.60. The minimum Gasteiger partial charge on any atom is -0.482 e. The predicted molar refractivity (Wildman–Crippen MR) is 71.9 cm³/mol. The fourth-order valence-corrected chi connectivity index (χ4v) is 1.29. The first kappa shape index (κ1) is 15.5. The van der Waals surface area contributed by atoms with E-state index in [9.17, 15) is 9.59 Å². The van der Waals surface area contributed by atoms with Gasteiger partial charge in [-0.15, -0.1) is 0 Å². The van der Waals surface area contributed by atoms with Crippen molar-refractivity contribution in [3.8, 4) is 5.75 Å². The van der Waals surface area contributed by atoms with E-state index in [1.54, 1.807) is 38.1 Å². The van der Waals surface area contributed by atoms with Crippen LogP contribution in [0.3, 0.4) is 0 Å². The number of rotatable bonds is 6. The van der Waals surface area contributed by atoms with Crippen LogP contribution < -0.4 is 10.2 Å². The third-order valence-electron chi connectivity index (χ3n) is 2.22. The minimum absolute atomic E-state index is 0.274. The second-order valence-corrected chi connectivity index (χ2v) is 3.74. The molecule has 0 aliphatic rings. The van der Waals surface area contributed by atoms with E-state index in [0.29, 0.717) is 11.5 Å².